The van der Waals surface area contributed by atoms with E-state index < -0.39 is 0 Å². The second kappa shape index (κ2) is 3.63. The van der Waals surface area contributed by atoms with Crippen LogP contribution in [0.3, 0.4) is 0 Å². The number of Topliss-reactive ketones (excluding diaryl/α,β-unsaturated/α-hetero) is 1. The molecule has 0 radical (unpaired) electrons. The smallest absolute Gasteiger partial charge is 0.126 e. The highest BCUT2D eigenvalue weighted by molar-refractivity contribution is 5.72. The number of hydrogen-bond donors (Lipinski definition) is 0. The molecule has 0 saturated carbocycles. The SMILES string of the molecule is CC(C)=O.O. The topological polar surface area (TPSA) is 48.6 Å². The van der Waals surface area contributed by atoms with Gasteiger partial charge in [-0.15, -0.1) is 0 Å². The zero-order valence-electron chi connectivity index (χ0n) is 3.41. The van der Waals surface area contributed by atoms with Crippen LogP contribution in [0.1, 0.15) is 13.8 Å². The first-order valence-corrected chi connectivity index (χ1v) is 1.20. The van der Waals surface area contributed by atoms with Gasteiger partial charge >= 0.3 is 0 Å². The summed E-state index contributed by atoms with van der Waals surface area (Å²) >= 11 is 0. The van der Waals surface area contributed by atoms with E-state index in [1.165, 1.54) is 13.8 Å². The molecule has 0 heterocycles. The molecule has 0 aliphatic heterocycles. The molecule has 0 fully saturated rings. The monoisotopic (exact) mass is 76.1 g/mol. The van der Waals surface area contributed by atoms with Gasteiger partial charge in [0.2, 0.25) is 0 Å². The third kappa shape index (κ3) is 70.4. The molecule has 0 spiro atoms. The molecular formula is C3H8O2. The van der Waals surface area contributed by atoms with Gasteiger partial charge in [-0.05, 0) is 13.8 Å². The molecule has 2 nitrogen and oxygen atoms in total. The average molecular weight is 76.1 g/mol. The Hall–Kier alpha value is -0.370. The number of ketones is 1. The second-order valence-electron chi connectivity index (χ2n) is 0.908. The summed E-state index contributed by atoms with van der Waals surface area (Å²) in [6, 6.07) is 0. The van der Waals surface area contributed by atoms with E-state index in [0.717, 1.165) is 0 Å². The largest absolute Gasteiger partial charge is 0.412 e. The van der Waals surface area contributed by atoms with E-state index in [4.69, 9.17) is 0 Å². The van der Waals surface area contributed by atoms with E-state index in [1.807, 2.05) is 0 Å². The first-order chi connectivity index (χ1) is 1.73. The molecule has 0 aromatic carbocycles. The summed E-state index contributed by atoms with van der Waals surface area (Å²) in [6.45, 7) is 3.06. The molecule has 2 heteroatoms. The fourth-order valence-electron chi connectivity index (χ4n) is 0. The van der Waals surface area contributed by atoms with E-state index in [0.29, 0.717) is 0 Å². The van der Waals surface area contributed by atoms with Gasteiger partial charge < -0.3 is 10.3 Å². The van der Waals surface area contributed by atoms with Crippen LogP contribution in [0.4, 0.5) is 0 Å². The number of hydrogen-bond acceptors (Lipinski definition) is 1. The fraction of sp³-hybridized carbons (Fsp3) is 0.667. The number of rotatable bonds is 0. The molecule has 0 aliphatic rings. The molecule has 0 bridgehead atoms. The summed E-state index contributed by atoms with van der Waals surface area (Å²) in [5.41, 5.74) is 0. The Morgan fingerprint density at radius 2 is 1.40 bits per heavy atom. The third-order valence-corrected chi connectivity index (χ3v) is 0. The Balaban J connectivity index is 0. The lowest BCUT2D eigenvalue weighted by molar-refractivity contribution is -0.114. The Labute approximate surface area is 31.1 Å². The number of carbonyl (C=O) groups excluding carboxylic acids is 1. The minimum Gasteiger partial charge on any atom is -0.412 e. The zero-order chi connectivity index (χ0) is 3.58. The fourth-order valence-corrected chi connectivity index (χ4v) is 0. The maximum absolute atomic E-state index is 9.44. The van der Waals surface area contributed by atoms with Gasteiger partial charge in [-0.25, -0.2) is 0 Å². The summed E-state index contributed by atoms with van der Waals surface area (Å²) in [4.78, 5) is 9.44. The zero-order valence-corrected chi connectivity index (χ0v) is 3.41. The predicted octanol–water partition coefficient (Wildman–Crippen LogP) is -0.229. The van der Waals surface area contributed by atoms with Crippen LogP contribution in [0.2, 0.25) is 0 Å². The van der Waals surface area contributed by atoms with E-state index in [2.05, 4.69) is 0 Å². The second-order valence-corrected chi connectivity index (χ2v) is 0.908. The Kier molecular flexibility index (Phi) is 6.40. The van der Waals surface area contributed by atoms with Crippen LogP contribution in [0.15, 0.2) is 0 Å². The van der Waals surface area contributed by atoms with E-state index in [9.17, 15) is 4.79 Å². The minimum absolute atomic E-state index is 0. The highest BCUT2D eigenvalue weighted by Gasteiger charge is 1.62. The molecule has 0 amide bonds. The van der Waals surface area contributed by atoms with Crippen molar-refractivity contribution in [3.63, 3.8) is 0 Å². The van der Waals surface area contributed by atoms with Gasteiger partial charge in [-0.2, -0.15) is 0 Å². The van der Waals surface area contributed by atoms with Crippen LogP contribution in [0, 0.1) is 0 Å². The van der Waals surface area contributed by atoms with Gasteiger partial charge in [-0.3, -0.25) is 0 Å². The van der Waals surface area contributed by atoms with E-state index in [1.54, 1.807) is 0 Å². The quantitative estimate of drug-likeness (QED) is 0.393. The van der Waals surface area contributed by atoms with Crippen molar-refractivity contribution < 1.29 is 10.3 Å². The lowest BCUT2D eigenvalue weighted by Gasteiger charge is -1.56. The molecule has 0 aromatic heterocycles. The maximum Gasteiger partial charge on any atom is 0.126 e. The molecule has 32 valence electrons. The van der Waals surface area contributed by atoms with Crippen LogP contribution < -0.4 is 0 Å². The van der Waals surface area contributed by atoms with Crippen LogP contribution in [-0.4, -0.2) is 11.3 Å². The van der Waals surface area contributed by atoms with Crippen molar-refractivity contribution in [1.29, 1.82) is 0 Å². The lowest BCUT2D eigenvalue weighted by Crippen LogP contribution is -1.69. The minimum atomic E-state index is 0. The molecule has 2 N–H and O–H groups in total. The third-order valence-electron chi connectivity index (χ3n) is 0. The van der Waals surface area contributed by atoms with Crippen molar-refractivity contribution in [3.8, 4) is 0 Å². The van der Waals surface area contributed by atoms with Crippen LogP contribution in [0.25, 0.3) is 0 Å². The Morgan fingerprint density at radius 3 is 1.40 bits per heavy atom. The van der Waals surface area contributed by atoms with Crippen LogP contribution in [-0.2, 0) is 4.79 Å². The first-order valence-electron chi connectivity index (χ1n) is 1.20. The number of carbonyl (C=O) groups is 1. The van der Waals surface area contributed by atoms with Crippen LogP contribution in [0.5, 0.6) is 0 Å². The lowest BCUT2D eigenvalue weighted by atomic mass is 10.6. The van der Waals surface area contributed by atoms with Crippen molar-refractivity contribution in [2.24, 2.45) is 0 Å². The molecule has 0 saturated heterocycles. The molecule has 0 atom stereocenters. The first kappa shape index (κ1) is 8.82. The highest BCUT2D eigenvalue weighted by atomic mass is 16.1. The van der Waals surface area contributed by atoms with Crippen molar-refractivity contribution in [3.05, 3.63) is 0 Å². The summed E-state index contributed by atoms with van der Waals surface area (Å²) in [5.74, 6) is 0.167. The summed E-state index contributed by atoms with van der Waals surface area (Å²) < 4.78 is 0. The molecule has 5 heavy (non-hydrogen) atoms. The van der Waals surface area contributed by atoms with Crippen molar-refractivity contribution in [2.75, 3.05) is 0 Å². The predicted molar refractivity (Wildman–Crippen MR) is 20.0 cm³/mol. The van der Waals surface area contributed by atoms with Crippen LogP contribution >= 0.6 is 0 Å². The maximum atomic E-state index is 9.44. The van der Waals surface area contributed by atoms with E-state index in [-0.39, 0.29) is 11.3 Å². The van der Waals surface area contributed by atoms with Gasteiger partial charge in [0.15, 0.2) is 0 Å². The van der Waals surface area contributed by atoms with Gasteiger partial charge in [0, 0.05) is 0 Å². The van der Waals surface area contributed by atoms with Crippen molar-refractivity contribution in [2.45, 2.75) is 13.8 Å². The van der Waals surface area contributed by atoms with Gasteiger partial charge in [0.05, 0.1) is 0 Å². The summed E-state index contributed by atoms with van der Waals surface area (Å²) in [7, 11) is 0. The van der Waals surface area contributed by atoms with Crippen molar-refractivity contribution >= 4 is 5.78 Å². The van der Waals surface area contributed by atoms with Gasteiger partial charge in [0.25, 0.3) is 0 Å². The molecular weight excluding hydrogens is 68.0 g/mol. The van der Waals surface area contributed by atoms with E-state index >= 15 is 0 Å². The molecule has 0 rings (SSSR count). The average Bonchev–Trinajstić information content (AvgIpc) is 0.811. The van der Waals surface area contributed by atoms with Gasteiger partial charge in [-0.1, -0.05) is 0 Å². The Morgan fingerprint density at radius 1 is 1.40 bits per heavy atom. The van der Waals surface area contributed by atoms with Gasteiger partial charge in [0.1, 0.15) is 5.78 Å². The molecule has 0 unspecified atom stereocenters. The Bertz CT molecular complexity index is 27.9. The molecule has 0 aromatic rings. The van der Waals surface area contributed by atoms with Crippen molar-refractivity contribution in [1.82, 2.24) is 0 Å². The standard InChI is InChI=1S/C3H6O.H2O/c1-3(2)4;/h1-2H3;1H2. The summed E-state index contributed by atoms with van der Waals surface area (Å²) in [5, 5.41) is 0. The normalized spacial score (nSPS) is 5.20. The molecule has 0 aliphatic carbocycles. The highest BCUT2D eigenvalue weighted by Crippen LogP contribution is 1.50. The summed E-state index contributed by atoms with van der Waals surface area (Å²) in [6.07, 6.45) is 0.